The van der Waals surface area contributed by atoms with Gasteiger partial charge in [-0.3, -0.25) is 0 Å². The van der Waals surface area contributed by atoms with E-state index >= 15 is 0 Å². The van der Waals surface area contributed by atoms with Crippen LogP contribution < -0.4 is 5.32 Å². The van der Waals surface area contributed by atoms with Crippen molar-refractivity contribution in [3.8, 4) is 0 Å². The van der Waals surface area contributed by atoms with Gasteiger partial charge in [0.15, 0.2) is 0 Å². The normalized spacial score (nSPS) is 10.4. The van der Waals surface area contributed by atoms with Crippen LogP contribution in [0.25, 0.3) is 0 Å². The number of benzene rings is 1. The predicted octanol–water partition coefficient (Wildman–Crippen LogP) is 4.04. The fraction of sp³-hybridized carbons (Fsp3) is 0.154. The van der Waals surface area contributed by atoms with Gasteiger partial charge in [0, 0.05) is 16.6 Å². The van der Waals surface area contributed by atoms with E-state index in [1.165, 1.54) is 6.07 Å². The number of halogens is 3. The molecule has 2 nitrogen and oxygen atoms in total. The number of anilines is 1. The molecule has 0 atom stereocenters. The van der Waals surface area contributed by atoms with Crippen molar-refractivity contribution in [3.63, 3.8) is 0 Å². The fourth-order valence-corrected chi connectivity index (χ4v) is 1.73. The van der Waals surface area contributed by atoms with Crippen LogP contribution in [0.1, 0.15) is 11.3 Å². The number of rotatable bonds is 3. The fourth-order valence-electron chi connectivity index (χ4n) is 1.51. The quantitative estimate of drug-likeness (QED) is 0.925. The Hall–Kier alpha value is -1.49. The van der Waals surface area contributed by atoms with Crippen molar-refractivity contribution in [1.29, 1.82) is 0 Å². The third kappa shape index (κ3) is 3.04. The lowest BCUT2D eigenvalue weighted by atomic mass is 10.2. The monoisotopic (exact) mass is 312 g/mol. The van der Waals surface area contributed by atoms with Crippen LogP contribution in [0.5, 0.6) is 0 Å². The van der Waals surface area contributed by atoms with E-state index in [4.69, 9.17) is 0 Å². The number of hydrogen-bond acceptors (Lipinski definition) is 2. The first-order chi connectivity index (χ1) is 8.56. The third-order valence-electron chi connectivity index (χ3n) is 2.49. The lowest BCUT2D eigenvalue weighted by Gasteiger charge is -2.08. The molecule has 0 spiro atoms. The average molecular weight is 313 g/mol. The molecule has 0 amide bonds. The molecule has 2 rings (SSSR count). The Kier molecular flexibility index (Phi) is 3.91. The lowest BCUT2D eigenvalue weighted by Crippen LogP contribution is -2.04. The van der Waals surface area contributed by atoms with Crippen LogP contribution in [0.3, 0.4) is 0 Å². The van der Waals surface area contributed by atoms with E-state index in [1.807, 2.05) is 13.0 Å². The Balaban J connectivity index is 2.11. The van der Waals surface area contributed by atoms with E-state index in [0.717, 1.165) is 22.3 Å². The van der Waals surface area contributed by atoms with Gasteiger partial charge in [-0.15, -0.1) is 0 Å². The Labute approximate surface area is 112 Å². The Morgan fingerprint density at radius 2 is 2.00 bits per heavy atom. The first-order valence-electron chi connectivity index (χ1n) is 5.37. The van der Waals surface area contributed by atoms with Crippen LogP contribution in [0.4, 0.5) is 14.6 Å². The zero-order valence-electron chi connectivity index (χ0n) is 9.67. The molecule has 0 radical (unpaired) electrons. The first-order valence-corrected chi connectivity index (χ1v) is 6.16. The maximum atomic E-state index is 13.4. The Bertz CT molecular complexity index is 573. The number of hydrogen-bond donors (Lipinski definition) is 1. The summed E-state index contributed by atoms with van der Waals surface area (Å²) in [6.07, 6.45) is 0. The van der Waals surface area contributed by atoms with E-state index < -0.39 is 11.6 Å². The molecule has 0 fully saturated rings. The molecule has 0 aliphatic carbocycles. The average Bonchev–Trinajstić information content (AvgIpc) is 2.34. The van der Waals surface area contributed by atoms with Crippen LogP contribution >= 0.6 is 15.9 Å². The predicted molar refractivity (Wildman–Crippen MR) is 70.4 cm³/mol. The summed E-state index contributed by atoms with van der Waals surface area (Å²) in [4.78, 5) is 4.27. The topological polar surface area (TPSA) is 24.9 Å². The molecule has 0 saturated carbocycles. The minimum atomic E-state index is -0.451. The molecular formula is C13H11BrF2N2. The van der Waals surface area contributed by atoms with Crippen LogP contribution in [0.15, 0.2) is 34.8 Å². The van der Waals surface area contributed by atoms with Crippen molar-refractivity contribution < 1.29 is 8.78 Å². The van der Waals surface area contributed by atoms with Gasteiger partial charge >= 0.3 is 0 Å². The van der Waals surface area contributed by atoms with Gasteiger partial charge in [0.2, 0.25) is 0 Å². The number of aromatic nitrogens is 1. The summed E-state index contributed by atoms with van der Waals surface area (Å²) in [5, 5.41) is 2.96. The van der Waals surface area contributed by atoms with E-state index in [-0.39, 0.29) is 12.1 Å². The summed E-state index contributed by atoms with van der Waals surface area (Å²) in [6, 6.07) is 7.02. The Morgan fingerprint density at radius 1 is 1.22 bits per heavy atom. The second-order valence-electron chi connectivity index (χ2n) is 3.85. The number of nitrogens with one attached hydrogen (secondary N) is 1. The van der Waals surface area contributed by atoms with E-state index in [1.54, 1.807) is 6.07 Å². The molecule has 2 aromatic rings. The second kappa shape index (κ2) is 5.44. The van der Waals surface area contributed by atoms with Gasteiger partial charge in [-0.05, 0) is 53.2 Å². The van der Waals surface area contributed by atoms with Gasteiger partial charge in [-0.2, -0.15) is 0 Å². The molecule has 0 unspecified atom stereocenters. The zero-order valence-corrected chi connectivity index (χ0v) is 11.3. The van der Waals surface area contributed by atoms with Crippen LogP contribution in [-0.4, -0.2) is 4.98 Å². The standard InChI is InChI=1S/C13H11BrF2N2/c1-8-11(14)3-5-13(18-8)17-7-9-6-10(15)2-4-12(9)16/h2-6H,7H2,1H3,(H,17,18). The molecule has 1 aromatic carbocycles. The lowest BCUT2D eigenvalue weighted by molar-refractivity contribution is 0.587. The van der Waals surface area contributed by atoms with Gasteiger partial charge in [-0.1, -0.05) is 0 Å². The van der Waals surface area contributed by atoms with Crippen molar-refractivity contribution in [2.24, 2.45) is 0 Å². The molecule has 18 heavy (non-hydrogen) atoms. The number of aryl methyl sites for hydroxylation is 1. The highest BCUT2D eigenvalue weighted by Gasteiger charge is 2.04. The van der Waals surface area contributed by atoms with E-state index in [9.17, 15) is 8.78 Å². The SMILES string of the molecule is Cc1nc(NCc2cc(F)ccc2F)ccc1Br. The summed E-state index contributed by atoms with van der Waals surface area (Å²) < 4.78 is 27.3. The van der Waals surface area contributed by atoms with Gasteiger partial charge in [0.1, 0.15) is 17.5 Å². The molecule has 5 heteroatoms. The summed E-state index contributed by atoms with van der Waals surface area (Å²) in [6.45, 7) is 2.05. The highest BCUT2D eigenvalue weighted by atomic mass is 79.9. The van der Waals surface area contributed by atoms with Crippen molar-refractivity contribution in [2.75, 3.05) is 5.32 Å². The molecule has 94 valence electrons. The van der Waals surface area contributed by atoms with Gasteiger partial charge < -0.3 is 5.32 Å². The smallest absolute Gasteiger partial charge is 0.128 e. The summed E-state index contributed by atoms with van der Waals surface area (Å²) in [5.41, 5.74) is 1.11. The number of pyridine rings is 1. The summed E-state index contributed by atoms with van der Waals surface area (Å²) >= 11 is 3.35. The van der Waals surface area contributed by atoms with Crippen molar-refractivity contribution in [3.05, 3.63) is 57.7 Å². The summed E-state index contributed by atoms with van der Waals surface area (Å²) in [5.74, 6) is -0.259. The zero-order chi connectivity index (χ0) is 13.1. The first kappa shape index (κ1) is 13.0. The highest BCUT2D eigenvalue weighted by Crippen LogP contribution is 2.17. The summed E-state index contributed by atoms with van der Waals surface area (Å²) in [7, 11) is 0. The molecule has 1 heterocycles. The van der Waals surface area contributed by atoms with Crippen LogP contribution in [0, 0.1) is 18.6 Å². The molecule has 1 aromatic heterocycles. The molecular weight excluding hydrogens is 302 g/mol. The molecule has 0 saturated heterocycles. The van der Waals surface area contributed by atoms with Crippen molar-refractivity contribution in [1.82, 2.24) is 4.98 Å². The molecule has 1 N–H and O–H groups in total. The minimum Gasteiger partial charge on any atom is -0.366 e. The maximum Gasteiger partial charge on any atom is 0.128 e. The largest absolute Gasteiger partial charge is 0.366 e. The van der Waals surface area contributed by atoms with Crippen LogP contribution in [-0.2, 0) is 6.54 Å². The minimum absolute atomic E-state index is 0.192. The molecule has 0 aliphatic rings. The van der Waals surface area contributed by atoms with Gasteiger partial charge in [0.05, 0.1) is 5.69 Å². The second-order valence-corrected chi connectivity index (χ2v) is 4.71. The van der Waals surface area contributed by atoms with Gasteiger partial charge in [-0.25, -0.2) is 13.8 Å². The molecule has 0 aliphatic heterocycles. The van der Waals surface area contributed by atoms with Gasteiger partial charge in [0.25, 0.3) is 0 Å². The van der Waals surface area contributed by atoms with Crippen molar-refractivity contribution in [2.45, 2.75) is 13.5 Å². The number of nitrogens with zero attached hydrogens (tertiary/aromatic N) is 1. The van der Waals surface area contributed by atoms with E-state index in [2.05, 4.69) is 26.2 Å². The third-order valence-corrected chi connectivity index (χ3v) is 3.33. The van der Waals surface area contributed by atoms with Crippen molar-refractivity contribution >= 4 is 21.7 Å². The maximum absolute atomic E-state index is 13.4. The molecule has 0 bridgehead atoms. The highest BCUT2D eigenvalue weighted by molar-refractivity contribution is 9.10. The van der Waals surface area contributed by atoms with Crippen LogP contribution in [0.2, 0.25) is 0 Å². The Morgan fingerprint density at radius 3 is 2.72 bits per heavy atom. The van der Waals surface area contributed by atoms with E-state index in [0.29, 0.717) is 5.82 Å².